The van der Waals surface area contributed by atoms with E-state index < -0.39 is 0 Å². The molecule has 3 nitrogen and oxygen atoms in total. The van der Waals surface area contributed by atoms with Crippen LogP contribution < -0.4 is 5.32 Å². The van der Waals surface area contributed by atoms with Crippen molar-refractivity contribution in [3.63, 3.8) is 0 Å². The number of hydrogen-bond acceptors (Lipinski definition) is 3. The van der Waals surface area contributed by atoms with E-state index in [1.165, 1.54) is 17.0 Å². The lowest BCUT2D eigenvalue weighted by Gasteiger charge is -2.26. The Morgan fingerprint density at radius 1 is 1.17 bits per heavy atom. The van der Waals surface area contributed by atoms with Gasteiger partial charge in [0.25, 0.3) is 0 Å². The molecule has 0 radical (unpaired) electrons. The lowest BCUT2D eigenvalue weighted by atomic mass is 10.2. The Kier molecular flexibility index (Phi) is 7.62. The number of nitrogens with one attached hydrogen (secondary N) is 1. The Morgan fingerprint density at radius 2 is 1.92 bits per heavy atom. The van der Waals surface area contributed by atoms with Gasteiger partial charge in [-0.1, -0.05) is 18.2 Å². The summed E-state index contributed by atoms with van der Waals surface area (Å²) in [6.07, 6.45) is 1.05. The van der Waals surface area contributed by atoms with E-state index >= 15 is 0 Å². The maximum absolute atomic E-state index is 13.0. The van der Waals surface area contributed by atoms with Crippen LogP contribution >= 0.6 is 23.6 Å². The summed E-state index contributed by atoms with van der Waals surface area (Å²) < 4.78 is 13.0. The first-order chi connectivity index (χ1) is 11.5. The second kappa shape index (κ2) is 9.71. The van der Waals surface area contributed by atoms with Gasteiger partial charge in [0.1, 0.15) is 5.82 Å². The van der Waals surface area contributed by atoms with Crippen LogP contribution in [0.2, 0.25) is 0 Å². The van der Waals surface area contributed by atoms with Gasteiger partial charge in [-0.05, 0) is 68.4 Å². The van der Waals surface area contributed by atoms with E-state index in [0.717, 1.165) is 36.7 Å². The third-order valence-corrected chi connectivity index (χ3v) is 4.87. The summed E-state index contributed by atoms with van der Waals surface area (Å²) >= 11 is 7.33. The highest BCUT2D eigenvalue weighted by Gasteiger charge is 2.11. The molecule has 0 unspecified atom stereocenters. The minimum atomic E-state index is -0.218. The third-order valence-electron chi connectivity index (χ3n) is 3.60. The minimum Gasteiger partial charge on any atom is -0.358 e. The van der Waals surface area contributed by atoms with Crippen molar-refractivity contribution < 1.29 is 4.39 Å². The second-order valence-corrected chi connectivity index (χ2v) is 7.36. The van der Waals surface area contributed by atoms with Crippen LogP contribution in [-0.2, 0) is 13.1 Å². The van der Waals surface area contributed by atoms with Gasteiger partial charge in [-0.25, -0.2) is 4.39 Å². The smallest absolute Gasteiger partial charge is 0.169 e. The van der Waals surface area contributed by atoms with Crippen LogP contribution in [-0.4, -0.2) is 42.1 Å². The zero-order chi connectivity index (χ0) is 17.4. The predicted molar refractivity (Wildman–Crippen MR) is 104 cm³/mol. The number of hydrogen-bond donors (Lipinski definition) is 1. The number of rotatable bonds is 8. The van der Waals surface area contributed by atoms with Crippen molar-refractivity contribution in [2.45, 2.75) is 19.5 Å². The maximum Gasteiger partial charge on any atom is 0.169 e. The lowest BCUT2D eigenvalue weighted by molar-refractivity contribution is 0.342. The largest absolute Gasteiger partial charge is 0.358 e. The van der Waals surface area contributed by atoms with Gasteiger partial charge in [0.05, 0.1) is 6.54 Å². The van der Waals surface area contributed by atoms with Crippen LogP contribution in [0.25, 0.3) is 0 Å². The quantitative estimate of drug-likeness (QED) is 0.719. The summed E-state index contributed by atoms with van der Waals surface area (Å²) in [6, 6.07) is 10.7. The average molecular weight is 366 g/mol. The summed E-state index contributed by atoms with van der Waals surface area (Å²) in [4.78, 5) is 5.68. The van der Waals surface area contributed by atoms with Gasteiger partial charge < -0.3 is 15.1 Å². The van der Waals surface area contributed by atoms with Gasteiger partial charge in [0.2, 0.25) is 0 Å². The first-order valence-corrected chi connectivity index (χ1v) is 9.27. The summed E-state index contributed by atoms with van der Waals surface area (Å²) in [6.45, 7) is 3.36. The topological polar surface area (TPSA) is 18.5 Å². The zero-order valence-corrected chi connectivity index (χ0v) is 15.8. The summed E-state index contributed by atoms with van der Waals surface area (Å²) in [7, 11) is 4.16. The molecule has 0 spiro atoms. The van der Waals surface area contributed by atoms with Crippen molar-refractivity contribution >= 4 is 28.7 Å². The van der Waals surface area contributed by atoms with E-state index in [1.807, 2.05) is 0 Å². The Morgan fingerprint density at radius 3 is 2.54 bits per heavy atom. The van der Waals surface area contributed by atoms with Crippen LogP contribution in [0.15, 0.2) is 41.8 Å². The molecule has 1 aromatic heterocycles. The normalized spacial score (nSPS) is 10.8. The molecular formula is C18H24FN3S2. The molecule has 0 aliphatic carbocycles. The summed E-state index contributed by atoms with van der Waals surface area (Å²) in [5.74, 6) is -0.218. The molecular weight excluding hydrogens is 341 g/mol. The molecule has 0 saturated carbocycles. The van der Waals surface area contributed by atoms with Crippen LogP contribution in [0.5, 0.6) is 0 Å². The fourth-order valence-electron chi connectivity index (χ4n) is 2.31. The fourth-order valence-corrected chi connectivity index (χ4v) is 3.26. The van der Waals surface area contributed by atoms with Crippen molar-refractivity contribution in [3.8, 4) is 0 Å². The highest BCUT2D eigenvalue weighted by molar-refractivity contribution is 7.80. The van der Waals surface area contributed by atoms with Crippen molar-refractivity contribution in [1.82, 2.24) is 15.1 Å². The molecule has 2 aromatic rings. The van der Waals surface area contributed by atoms with E-state index in [-0.39, 0.29) is 5.82 Å². The molecule has 130 valence electrons. The highest BCUT2D eigenvalue weighted by Crippen LogP contribution is 2.13. The van der Waals surface area contributed by atoms with Crippen molar-refractivity contribution in [2.75, 3.05) is 27.2 Å². The Labute approximate surface area is 153 Å². The average Bonchev–Trinajstić information content (AvgIpc) is 3.06. The molecule has 0 bridgehead atoms. The summed E-state index contributed by atoms with van der Waals surface area (Å²) in [5, 5.41) is 6.12. The van der Waals surface area contributed by atoms with Crippen molar-refractivity contribution in [1.29, 1.82) is 0 Å². The van der Waals surface area contributed by atoms with Gasteiger partial charge in [0, 0.05) is 18.0 Å². The summed E-state index contributed by atoms with van der Waals surface area (Å²) in [5.41, 5.74) is 1.02. The molecule has 0 amide bonds. The van der Waals surface area contributed by atoms with E-state index in [9.17, 15) is 4.39 Å². The van der Waals surface area contributed by atoms with Gasteiger partial charge in [-0.15, -0.1) is 11.3 Å². The first-order valence-electron chi connectivity index (χ1n) is 7.99. The van der Waals surface area contributed by atoms with Gasteiger partial charge >= 0.3 is 0 Å². The van der Waals surface area contributed by atoms with E-state index in [2.05, 4.69) is 46.7 Å². The van der Waals surface area contributed by atoms with Crippen molar-refractivity contribution in [2.24, 2.45) is 0 Å². The molecule has 1 aromatic carbocycles. The molecule has 0 atom stereocenters. The Bertz CT molecular complexity index is 612. The Balaban J connectivity index is 1.90. The molecule has 0 fully saturated rings. The maximum atomic E-state index is 13.0. The molecule has 1 heterocycles. The van der Waals surface area contributed by atoms with Crippen LogP contribution in [0, 0.1) is 5.82 Å². The molecule has 6 heteroatoms. The monoisotopic (exact) mass is 365 g/mol. The van der Waals surface area contributed by atoms with Gasteiger partial charge in [0.15, 0.2) is 5.11 Å². The van der Waals surface area contributed by atoms with Gasteiger partial charge in [-0.3, -0.25) is 0 Å². The van der Waals surface area contributed by atoms with E-state index in [4.69, 9.17) is 12.2 Å². The van der Waals surface area contributed by atoms with E-state index in [1.54, 1.807) is 23.5 Å². The van der Waals surface area contributed by atoms with Gasteiger partial charge in [-0.2, -0.15) is 0 Å². The molecule has 1 N–H and O–H groups in total. The standard InChI is InChI=1S/C18H24FN3S2/c1-21(2)10-4-11-22(14-17-5-3-12-24-17)18(23)20-13-15-6-8-16(19)9-7-15/h3,5-9,12H,4,10-11,13-14H2,1-2H3,(H,20,23). The van der Waals surface area contributed by atoms with Crippen LogP contribution in [0.1, 0.15) is 16.9 Å². The second-order valence-electron chi connectivity index (χ2n) is 5.94. The number of benzene rings is 1. The molecule has 2 rings (SSSR count). The third kappa shape index (κ3) is 6.55. The lowest BCUT2D eigenvalue weighted by Crippen LogP contribution is -2.40. The van der Waals surface area contributed by atoms with Crippen molar-refractivity contribution in [3.05, 3.63) is 58.0 Å². The molecule has 0 saturated heterocycles. The number of nitrogens with zero attached hydrogens (tertiary/aromatic N) is 2. The highest BCUT2D eigenvalue weighted by atomic mass is 32.1. The molecule has 0 aliphatic rings. The molecule has 0 aliphatic heterocycles. The minimum absolute atomic E-state index is 0.218. The Hall–Kier alpha value is -1.50. The van der Waals surface area contributed by atoms with Crippen LogP contribution in [0.4, 0.5) is 4.39 Å². The predicted octanol–water partition coefficient (Wildman–Crippen LogP) is 3.72. The number of halogens is 1. The fraction of sp³-hybridized carbons (Fsp3) is 0.389. The van der Waals surface area contributed by atoms with E-state index in [0.29, 0.717) is 6.54 Å². The zero-order valence-electron chi connectivity index (χ0n) is 14.2. The van der Waals surface area contributed by atoms with Crippen LogP contribution in [0.3, 0.4) is 0 Å². The SMILES string of the molecule is CN(C)CCCN(Cc1cccs1)C(=S)NCc1ccc(F)cc1. The number of thiophene rings is 1. The molecule has 24 heavy (non-hydrogen) atoms. The first kappa shape index (κ1) is 18.8. The number of thiocarbonyl (C=S) groups is 1.